The van der Waals surface area contributed by atoms with E-state index < -0.39 is 0 Å². The van der Waals surface area contributed by atoms with Gasteiger partial charge >= 0.3 is 0 Å². The van der Waals surface area contributed by atoms with Crippen molar-refractivity contribution in [1.29, 1.82) is 0 Å². The van der Waals surface area contributed by atoms with Gasteiger partial charge in [0.1, 0.15) is 13.2 Å². The Balaban J connectivity index is 1.75. The van der Waals surface area contributed by atoms with E-state index in [1.165, 1.54) is 0 Å². The van der Waals surface area contributed by atoms with E-state index in [2.05, 4.69) is 19.2 Å². The van der Waals surface area contributed by atoms with E-state index >= 15 is 0 Å². The summed E-state index contributed by atoms with van der Waals surface area (Å²) in [6.45, 7) is 5.18. The molecule has 1 aliphatic rings. The minimum Gasteiger partial charge on any atom is -0.486 e. The molecule has 0 aromatic heterocycles. The van der Waals surface area contributed by atoms with Crippen molar-refractivity contribution >= 4 is 23.2 Å². The Bertz CT molecular complexity index is 758. The molecule has 126 valence electrons. The molecular formula is C19H20ClNO3. The van der Waals surface area contributed by atoms with Crippen LogP contribution in [0.4, 0.5) is 5.69 Å². The maximum Gasteiger partial charge on any atom is 0.228 e. The second kappa shape index (κ2) is 7.14. The maximum absolute atomic E-state index is 12.4. The van der Waals surface area contributed by atoms with Crippen LogP contribution in [0.2, 0.25) is 5.02 Å². The molecule has 0 bridgehead atoms. The second-order valence-electron chi connectivity index (χ2n) is 6.07. The lowest BCUT2D eigenvalue weighted by Crippen LogP contribution is -2.18. The number of hydrogen-bond donors (Lipinski definition) is 1. The molecule has 3 rings (SSSR count). The number of rotatable bonds is 4. The van der Waals surface area contributed by atoms with Crippen molar-refractivity contribution < 1.29 is 14.3 Å². The molecule has 0 spiro atoms. The Kier molecular flexibility index (Phi) is 4.95. The number of fused-ring (bicyclic) bond motifs is 1. The van der Waals surface area contributed by atoms with E-state index in [-0.39, 0.29) is 12.3 Å². The molecule has 24 heavy (non-hydrogen) atoms. The Morgan fingerprint density at radius 2 is 1.96 bits per heavy atom. The fourth-order valence-electron chi connectivity index (χ4n) is 2.76. The second-order valence-corrected chi connectivity index (χ2v) is 6.48. The molecule has 0 saturated carbocycles. The van der Waals surface area contributed by atoms with Crippen molar-refractivity contribution in [2.45, 2.75) is 26.2 Å². The molecule has 0 atom stereocenters. The summed E-state index contributed by atoms with van der Waals surface area (Å²) < 4.78 is 11.0. The van der Waals surface area contributed by atoms with Gasteiger partial charge in [0.25, 0.3) is 0 Å². The van der Waals surface area contributed by atoms with E-state index in [9.17, 15) is 4.79 Å². The van der Waals surface area contributed by atoms with Crippen LogP contribution < -0.4 is 14.8 Å². The van der Waals surface area contributed by atoms with Crippen LogP contribution in [-0.2, 0) is 11.2 Å². The zero-order chi connectivity index (χ0) is 17.1. The average molecular weight is 346 g/mol. The van der Waals surface area contributed by atoms with Gasteiger partial charge in [0.05, 0.1) is 11.4 Å². The Hall–Kier alpha value is -2.20. The summed E-state index contributed by atoms with van der Waals surface area (Å²) in [6, 6.07) is 11.4. The highest BCUT2D eigenvalue weighted by Gasteiger charge is 2.18. The summed E-state index contributed by atoms with van der Waals surface area (Å²) in [7, 11) is 0. The smallest absolute Gasteiger partial charge is 0.228 e. The first-order valence-corrected chi connectivity index (χ1v) is 8.39. The molecule has 1 heterocycles. The maximum atomic E-state index is 12.4. The van der Waals surface area contributed by atoms with Crippen LogP contribution in [0.5, 0.6) is 11.5 Å². The van der Waals surface area contributed by atoms with Crippen molar-refractivity contribution in [1.82, 2.24) is 0 Å². The summed E-state index contributed by atoms with van der Waals surface area (Å²) in [5.74, 6) is 1.40. The number of hydrogen-bond acceptors (Lipinski definition) is 3. The van der Waals surface area contributed by atoms with Gasteiger partial charge in [-0.25, -0.2) is 0 Å². The number of amides is 1. The van der Waals surface area contributed by atoms with E-state index in [0.29, 0.717) is 35.7 Å². The van der Waals surface area contributed by atoms with Crippen molar-refractivity contribution in [2.75, 3.05) is 18.5 Å². The predicted octanol–water partition coefficient (Wildman–Crippen LogP) is 4.42. The number of carbonyl (C=O) groups is 1. The number of halogens is 1. The van der Waals surface area contributed by atoms with Crippen molar-refractivity contribution in [3.8, 4) is 11.5 Å². The van der Waals surface area contributed by atoms with Gasteiger partial charge in [0, 0.05) is 5.69 Å². The molecule has 2 aromatic carbocycles. The first-order valence-electron chi connectivity index (χ1n) is 8.01. The van der Waals surface area contributed by atoms with Gasteiger partial charge in [0.15, 0.2) is 11.5 Å². The molecule has 1 amide bonds. The third kappa shape index (κ3) is 3.65. The molecule has 2 aromatic rings. The fraction of sp³-hybridized carbons (Fsp3) is 0.316. The topological polar surface area (TPSA) is 47.6 Å². The van der Waals surface area contributed by atoms with Crippen LogP contribution in [-0.4, -0.2) is 19.1 Å². The number of benzene rings is 2. The van der Waals surface area contributed by atoms with E-state index in [1.807, 2.05) is 30.3 Å². The third-order valence-corrected chi connectivity index (χ3v) is 4.16. The first kappa shape index (κ1) is 16.7. The minimum absolute atomic E-state index is 0.0872. The highest BCUT2D eigenvalue weighted by atomic mass is 35.5. The van der Waals surface area contributed by atoms with Crippen LogP contribution in [0.1, 0.15) is 30.9 Å². The van der Waals surface area contributed by atoms with Crippen LogP contribution in [0.25, 0.3) is 0 Å². The predicted molar refractivity (Wildman–Crippen MR) is 95.3 cm³/mol. The zero-order valence-electron chi connectivity index (χ0n) is 13.8. The standard InChI is InChI=1S/C19H20ClNO3/c1-12(2)14-5-3-4-6-16(14)21-18(22)11-13-9-15(20)19-17(10-13)23-7-8-24-19/h3-6,9-10,12H,7-8,11H2,1-2H3,(H,21,22). The normalized spacial score (nSPS) is 13.0. The van der Waals surface area contributed by atoms with Gasteiger partial charge in [-0.05, 0) is 35.2 Å². The number of para-hydroxylation sites is 1. The van der Waals surface area contributed by atoms with Crippen LogP contribution in [0.15, 0.2) is 36.4 Å². The molecule has 0 radical (unpaired) electrons. The van der Waals surface area contributed by atoms with Crippen molar-refractivity contribution in [2.24, 2.45) is 0 Å². The quantitative estimate of drug-likeness (QED) is 0.892. The Labute approximate surface area is 146 Å². The molecule has 0 saturated heterocycles. The highest BCUT2D eigenvalue weighted by molar-refractivity contribution is 6.32. The fourth-order valence-corrected chi connectivity index (χ4v) is 3.05. The molecule has 0 unspecified atom stereocenters. The minimum atomic E-state index is -0.0872. The van der Waals surface area contributed by atoms with Gasteiger partial charge in [-0.3, -0.25) is 4.79 Å². The monoisotopic (exact) mass is 345 g/mol. The van der Waals surface area contributed by atoms with Gasteiger partial charge in [0.2, 0.25) is 5.91 Å². The van der Waals surface area contributed by atoms with E-state index in [1.54, 1.807) is 6.07 Å². The molecular weight excluding hydrogens is 326 g/mol. The van der Waals surface area contributed by atoms with Gasteiger partial charge in [-0.15, -0.1) is 0 Å². The summed E-state index contributed by atoms with van der Waals surface area (Å²) in [4.78, 5) is 12.4. The SMILES string of the molecule is CC(C)c1ccccc1NC(=O)Cc1cc(Cl)c2c(c1)OCCO2. The van der Waals surface area contributed by atoms with Crippen LogP contribution in [0, 0.1) is 0 Å². The molecule has 4 nitrogen and oxygen atoms in total. The lowest BCUT2D eigenvalue weighted by atomic mass is 10.0. The molecule has 0 aliphatic carbocycles. The summed E-state index contributed by atoms with van der Waals surface area (Å²) >= 11 is 6.22. The number of ether oxygens (including phenoxy) is 2. The lowest BCUT2D eigenvalue weighted by molar-refractivity contribution is -0.115. The number of nitrogens with one attached hydrogen (secondary N) is 1. The van der Waals surface area contributed by atoms with Gasteiger partial charge in [-0.2, -0.15) is 0 Å². The Morgan fingerprint density at radius 1 is 1.21 bits per heavy atom. The van der Waals surface area contributed by atoms with Crippen LogP contribution >= 0.6 is 11.6 Å². The first-order chi connectivity index (χ1) is 11.5. The van der Waals surface area contributed by atoms with Crippen molar-refractivity contribution in [3.05, 3.63) is 52.5 Å². The molecule has 1 N–H and O–H groups in total. The number of carbonyl (C=O) groups excluding carboxylic acids is 1. The Morgan fingerprint density at radius 3 is 2.75 bits per heavy atom. The van der Waals surface area contributed by atoms with Gasteiger partial charge < -0.3 is 14.8 Å². The summed E-state index contributed by atoms with van der Waals surface area (Å²) in [6.07, 6.45) is 0.225. The zero-order valence-corrected chi connectivity index (χ0v) is 14.5. The molecule has 1 aliphatic heterocycles. The van der Waals surface area contributed by atoms with Gasteiger partial charge in [-0.1, -0.05) is 43.6 Å². The number of anilines is 1. The van der Waals surface area contributed by atoms with Crippen molar-refractivity contribution in [3.63, 3.8) is 0 Å². The highest BCUT2D eigenvalue weighted by Crippen LogP contribution is 2.38. The summed E-state index contributed by atoms with van der Waals surface area (Å²) in [5, 5.41) is 3.46. The molecule has 0 fully saturated rings. The van der Waals surface area contributed by atoms with E-state index in [0.717, 1.165) is 16.8 Å². The third-order valence-electron chi connectivity index (χ3n) is 3.88. The largest absolute Gasteiger partial charge is 0.486 e. The van der Waals surface area contributed by atoms with Crippen LogP contribution in [0.3, 0.4) is 0 Å². The summed E-state index contributed by atoms with van der Waals surface area (Å²) in [5.41, 5.74) is 2.76. The molecule has 5 heteroatoms. The lowest BCUT2D eigenvalue weighted by Gasteiger charge is -2.20. The van der Waals surface area contributed by atoms with E-state index in [4.69, 9.17) is 21.1 Å². The average Bonchev–Trinajstić information content (AvgIpc) is 2.55.